The molecule has 1 aromatic heterocycles. The standard InChI is InChI=1S/C24H26ClN3O4/c1-2-3-4-9-14-28-23(30)19-12-7-6-11-18(19)22(27-28)24(31)32-16-21(29)26-15-17-10-5-8-13-20(17)25/h5-8,10-13H,2-4,9,14-16H2,1H3,(H,26,29). The Balaban J connectivity index is 1.69. The van der Waals surface area contributed by atoms with Gasteiger partial charge in [0.25, 0.3) is 11.5 Å². The fraction of sp³-hybridized carbons (Fsp3) is 0.333. The maximum atomic E-state index is 12.8. The Labute approximate surface area is 191 Å². The summed E-state index contributed by atoms with van der Waals surface area (Å²) >= 11 is 6.08. The number of nitrogens with one attached hydrogen (secondary N) is 1. The van der Waals surface area contributed by atoms with Gasteiger partial charge >= 0.3 is 5.97 Å². The first kappa shape index (κ1) is 23.5. The van der Waals surface area contributed by atoms with E-state index >= 15 is 0 Å². The molecule has 32 heavy (non-hydrogen) atoms. The number of carbonyl (C=O) groups excluding carboxylic acids is 2. The van der Waals surface area contributed by atoms with E-state index in [2.05, 4.69) is 17.3 Å². The number of hydrogen-bond donors (Lipinski definition) is 1. The van der Waals surface area contributed by atoms with Gasteiger partial charge in [-0.05, 0) is 24.1 Å². The van der Waals surface area contributed by atoms with E-state index in [1.165, 1.54) is 4.68 Å². The number of hydrogen-bond acceptors (Lipinski definition) is 5. The molecule has 1 heterocycles. The summed E-state index contributed by atoms with van der Waals surface area (Å²) in [5, 5.41) is 8.28. The number of rotatable bonds is 10. The van der Waals surface area contributed by atoms with Gasteiger partial charge in [-0.25, -0.2) is 9.48 Å². The van der Waals surface area contributed by atoms with Crippen LogP contribution in [0, 0.1) is 0 Å². The van der Waals surface area contributed by atoms with E-state index in [4.69, 9.17) is 16.3 Å². The Morgan fingerprint density at radius 2 is 1.75 bits per heavy atom. The minimum Gasteiger partial charge on any atom is -0.451 e. The van der Waals surface area contributed by atoms with Gasteiger partial charge < -0.3 is 10.1 Å². The highest BCUT2D eigenvalue weighted by molar-refractivity contribution is 6.31. The first-order valence-corrected chi connectivity index (χ1v) is 11.1. The Morgan fingerprint density at radius 3 is 2.50 bits per heavy atom. The first-order valence-electron chi connectivity index (χ1n) is 10.7. The van der Waals surface area contributed by atoms with Gasteiger partial charge in [0.15, 0.2) is 12.3 Å². The molecule has 8 heteroatoms. The third-order valence-electron chi connectivity index (χ3n) is 5.05. The lowest BCUT2D eigenvalue weighted by Gasteiger charge is -2.11. The summed E-state index contributed by atoms with van der Waals surface area (Å²) in [5.74, 6) is -1.22. The molecule has 0 aliphatic heterocycles. The normalized spacial score (nSPS) is 10.8. The average Bonchev–Trinajstić information content (AvgIpc) is 2.81. The second-order valence-electron chi connectivity index (χ2n) is 7.43. The monoisotopic (exact) mass is 455 g/mol. The predicted molar refractivity (Wildman–Crippen MR) is 124 cm³/mol. The maximum absolute atomic E-state index is 12.8. The van der Waals surface area contributed by atoms with Gasteiger partial charge in [-0.1, -0.05) is 74.2 Å². The van der Waals surface area contributed by atoms with Crippen molar-refractivity contribution in [3.8, 4) is 0 Å². The molecule has 0 aliphatic carbocycles. The maximum Gasteiger partial charge on any atom is 0.359 e. The van der Waals surface area contributed by atoms with E-state index in [1.54, 1.807) is 42.5 Å². The minimum absolute atomic E-state index is 0.0228. The molecule has 0 saturated carbocycles. The minimum atomic E-state index is -0.753. The number of esters is 1. The van der Waals surface area contributed by atoms with Crippen LogP contribution < -0.4 is 10.9 Å². The summed E-state index contributed by atoms with van der Waals surface area (Å²) in [6.45, 7) is 2.29. The molecule has 0 bridgehead atoms. The number of fused-ring (bicyclic) bond motifs is 1. The number of benzene rings is 2. The summed E-state index contributed by atoms with van der Waals surface area (Å²) in [6, 6.07) is 13.9. The number of carbonyl (C=O) groups is 2. The zero-order valence-electron chi connectivity index (χ0n) is 18.0. The summed E-state index contributed by atoms with van der Waals surface area (Å²) < 4.78 is 6.50. The summed E-state index contributed by atoms with van der Waals surface area (Å²) in [4.78, 5) is 37.6. The van der Waals surface area contributed by atoms with Crippen LogP contribution in [0.1, 0.15) is 48.7 Å². The van der Waals surface area contributed by atoms with Crippen LogP contribution in [0.15, 0.2) is 53.3 Å². The highest BCUT2D eigenvalue weighted by atomic mass is 35.5. The van der Waals surface area contributed by atoms with Crippen molar-refractivity contribution in [3.05, 3.63) is 75.2 Å². The van der Waals surface area contributed by atoms with E-state index in [0.717, 1.165) is 31.2 Å². The van der Waals surface area contributed by atoms with Crippen LogP contribution in [-0.4, -0.2) is 28.3 Å². The van der Waals surface area contributed by atoms with E-state index in [-0.39, 0.29) is 17.8 Å². The molecular weight excluding hydrogens is 430 g/mol. The molecule has 0 spiro atoms. The smallest absolute Gasteiger partial charge is 0.359 e. The number of aromatic nitrogens is 2. The third-order valence-corrected chi connectivity index (χ3v) is 5.42. The molecule has 3 aromatic rings. The van der Waals surface area contributed by atoms with E-state index < -0.39 is 18.5 Å². The van der Waals surface area contributed by atoms with Gasteiger partial charge in [0.2, 0.25) is 0 Å². The molecule has 0 fully saturated rings. The van der Waals surface area contributed by atoms with Crippen LogP contribution >= 0.6 is 11.6 Å². The average molecular weight is 456 g/mol. The van der Waals surface area contributed by atoms with Gasteiger partial charge in [0, 0.05) is 23.5 Å². The Kier molecular flexibility index (Phi) is 8.39. The van der Waals surface area contributed by atoms with Crippen molar-refractivity contribution in [3.63, 3.8) is 0 Å². The van der Waals surface area contributed by atoms with Crippen molar-refractivity contribution >= 4 is 34.2 Å². The Bertz CT molecular complexity index is 1160. The van der Waals surface area contributed by atoms with Crippen molar-refractivity contribution in [1.29, 1.82) is 0 Å². The highest BCUT2D eigenvalue weighted by Crippen LogP contribution is 2.16. The van der Waals surface area contributed by atoms with Crippen LogP contribution in [-0.2, 0) is 22.6 Å². The molecule has 1 amide bonds. The van der Waals surface area contributed by atoms with Crippen molar-refractivity contribution < 1.29 is 14.3 Å². The highest BCUT2D eigenvalue weighted by Gasteiger charge is 2.19. The van der Waals surface area contributed by atoms with Gasteiger partial charge in [-0.2, -0.15) is 5.10 Å². The number of halogens is 1. The lowest BCUT2D eigenvalue weighted by Crippen LogP contribution is -2.30. The molecule has 0 unspecified atom stereocenters. The van der Waals surface area contributed by atoms with Crippen molar-refractivity contribution in [2.75, 3.05) is 6.61 Å². The SMILES string of the molecule is CCCCCCn1nc(C(=O)OCC(=O)NCc2ccccc2Cl)c2ccccc2c1=O. The van der Waals surface area contributed by atoms with Gasteiger partial charge in [0.05, 0.1) is 5.39 Å². The summed E-state index contributed by atoms with van der Waals surface area (Å²) in [7, 11) is 0. The molecule has 1 N–H and O–H groups in total. The fourth-order valence-corrected chi connectivity index (χ4v) is 3.51. The Hall–Kier alpha value is -3.19. The lowest BCUT2D eigenvalue weighted by molar-refractivity contribution is -0.124. The molecule has 0 saturated heterocycles. The van der Waals surface area contributed by atoms with Gasteiger partial charge in [-0.3, -0.25) is 9.59 Å². The van der Waals surface area contributed by atoms with E-state index in [1.807, 2.05) is 6.07 Å². The summed E-state index contributed by atoms with van der Waals surface area (Å²) in [5.41, 5.74) is 0.539. The van der Waals surface area contributed by atoms with Crippen LogP contribution in [0.5, 0.6) is 0 Å². The van der Waals surface area contributed by atoms with Crippen LogP contribution in [0.25, 0.3) is 10.8 Å². The van der Waals surface area contributed by atoms with Gasteiger partial charge in [-0.15, -0.1) is 0 Å². The number of nitrogens with zero attached hydrogens (tertiary/aromatic N) is 2. The molecule has 3 rings (SSSR count). The Morgan fingerprint density at radius 1 is 1.03 bits per heavy atom. The largest absolute Gasteiger partial charge is 0.451 e. The van der Waals surface area contributed by atoms with Crippen molar-refractivity contribution in [1.82, 2.24) is 15.1 Å². The lowest BCUT2D eigenvalue weighted by atomic mass is 10.1. The summed E-state index contributed by atoms with van der Waals surface area (Å²) in [6.07, 6.45) is 3.91. The van der Waals surface area contributed by atoms with Crippen molar-refractivity contribution in [2.45, 2.75) is 45.7 Å². The fourth-order valence-electron chi connectivity index (χ4n) is 3.31. The second kappa shape index (κ2) is 11.4. The topological polar surface area (TPSA) is 90.3 Å². The molecular formula is C24H26ClN3O4. The quantitative estimate of drug-likeness (QED) is 0.367. The first-order chi connectivity index (χ1) is 15.5. The van der Waals surface area contributed by atoms with E-state index in [9.17, 15) is 14.4 Å². The molecule has 0 aliphatic rings. The molecule has 2 aromatic carbocycles. The number of unbranched alkanes of at least 4 members (excludes halogenated alkanes) is 3. The van der Waals surface area contributed by atoms with Crippen LogP contribution in [0.2, 0.25) is 5.02 Å². The van der Waals surface area contributed by atoms with Crippen molar-refractivity contribution in [2.24, 2.45) is 0 Å². The zero-order valence-corrected chi connectivity index (χ0v) is 18.7. The predicted octanol–water partition coefficient (Wildman–Crippen LogP) is 4.10. The molecule has 0 atom stereocenters. The molecule has 0 radical (unpaired) electrons. The number of amides is 1. The van der Waals surface area contributed by atoms with E-state index in [0.29, 0.717) is 22.3 Å². The molecule has 168 valence electrons. The second-order valence-corrected chi connectivity index (χ2v) is 7.83. The van der Waals surface area contributed by atoms with Crippen LogP contribution in [0.4, 0.5) is 0 Å². The number of aryl methyl sites for hydroxylation is 1. The zero-order chi connectivity index (χ0) is 22.9. The third kappa shape index (κ3) is 5.95. The van der Waals surface area contributed by atoms with Gasteiger partial charge in [0.1, 0.15) is 0 Å². The molecule has 7 nitrogen and oxygen atoms in total. The van der Waals surface area contributed by atoms with Crippen LogP contribution in [0.3, 0.4) is 0 Å². The number of ether oxygens (including phenoxy) is 1.